The van der Waals surface area contributed by atoms with E-state index in [4.69, 9.17) is 4.43 Å². The van der Waals surface area contributed by atoms with Crippen molar-refractivity contribution >= 4 is 18.7 Å². The fourth-order valence-electron chi connectivity index (χ4n) is 6.18. The first kappa shape index (κ1) is 23.5. The van der Waals surface area contributed by atoms with Gasteiger partial charge in [-0.3, -0.25) is 4.90 Å². The number of hydrogen-bond donors (Lipinski definition) is 1. The first-order valence-electron chi connectivity index (χ1n) is 12.7. The zero-order valence-electron chi connectivity index (χ0n) is 20.7. The average molecular weight is 472 g/mol. The minimum atomic E-state index is -2.61. The lowest BCUT2D eigenvalue weighted by atomic mass is 9.98. The van der Waals surface area contributed by atoms with Crippen LogP contribution >= 0.6 is 0 Å². The van der Waals surface area contributed by atoms with Crippen LogP contribution < -0.4 is 10.4 Å². The standard InChI is InChI=1S/C30H37NO2Si/c1-30(2,3)34(26-14-6-4-7-15-26,27-16-8-5-9-17-27)33-25-20-28(29(32)21-25)31-19-18-23-12-10-11-13-24(23)22-31/h4-17,25,28-29,32H,18-22H2,1-3H3. The van der Waals surface area contributed by atoms with Crippen LogP contribution in [0, 0.1) is 0 Å². The Morgan fingerprint density at radius 1 is 0.794 bits per heavy atom. The lowest BCUT2D eigenvalue weighted by molar-refractivity contribution is 0.0625. The Morgan fingerprint density at radius 3 is 1.94 bits per heavy atom. The molecule has 3 aromatic carbocycles. The Balaban J connectivity index is 1.45. The second-order valence-electron chi connectivity index (χ2n) is 11.0. The predicted molar refractivity (Wildman–Crippen MR) is 142 cm³/mol. The van der Waals surface area contributed by atoms with Crippen LogP contribution in [0.5, 0.6) is 0 Å². The fourth-order valence-corrected chi connectivity index (χ4v) is 10.9. The van der Waals surface area contributed by atoms with Crippen LogP contribution in [0.3, 0.4) is 0 Å². The van der Waals surface area contributed by atoms with Crippen molar-refractivity contribution in [2.75, 3.05) is 6.54 Å². The van der Waals surface area contributed by atoms with E-state index in [0.29, 0.717) is 6.42 Å². The van der Waals surface area contributed by atoms with Gasteiger partial charge in [0.1, 0.15) is 0 Å². The SMILES string of the molecule is CC(C)(C)[Si](OC1CC(O)C(N2CCc3ccccc3C2)C1)(c1ccccc1)c1ccccc1. The Labute approximate surface area is 205 Å². The predicted octanol–water partition coefficient (Wildman–Crippen LogP) is 4.51. The van der Waals surface area contributed by atoms with E-state index in [0.717, 1.165) is 25.9 Å². The number of rotatable bonds is 5. The Kier molecular flexibility index (Phi) is 6.51. The molecular formula is C30H37NO2Si. The second kappa shape index (κ2) is 9.42. The van der Waals surface area contributed by atoms with Gasteiger partial charge in [0.05, 0.1) is 6.10 Å². The summed E-state index contributed by atoms with van der Waals surface area (Å²) in [5, 5.41) is 13.7. The fraction of sp³-hybridized carbons (Fsp3) is 0.400. The zero-order chi connectivity index (χ0) is 23.8. The first-order chi connectivity index (χ1) is 16.4. The topological polar surface area (TPSA) is 32.7 Å². The highest BCUT2D eigenvalue weighted by molar-refractivity contribution is 6.99. The highest BCUT2D eigenvalue weighted by atomic mass is 28.4. The number of aliphatic hydroxyl groups is 1. The molecule has 0 bridgehead atoms. The Morgan fingerprint density at radius 2 is 1.35 bits per heavy atom. The average Bonchev–Trinajstić information content (AvgIpc) is 3.22. The van der Waals surface area contributed by atoms with E-state index in [9.17, 15) is 5.11 Å². The number of fused-ring (bicyclic) bond motifs is 1. The third-order valence-corrected chi connectivity index (χ3v) is 12.9. The van der Waals surface area contributed by atoms with E-state index in [1.165, 1.54) is 21.5 Å². The molecule has 1 N–H and O–H groups in total. The smallest absolute Gasteiger partial charge is 0.261 e. The van der Waals surface area contributed by atoms with Crippen molar-refractivity contribution < 1.29 is 9.53 Å². The van der Waals surface area contributed by atoms with Crippen molar-refractivity contribution in [3.8, 4) is 0 Å². The highest BCUT2D eigenvalue weighted by Crippen LogP contribution is 2.40. The summed E-state index contributed by atoms with van der Waals surface area (Å²) in [6.45, 7) is 8.89. The molecule has 1 heterocycles. The van der Waals surface area contributed by atoms with Crippen molar-refractivity contribution in [2.45, 2.75) is 69.9 Å². The van der Waals surface area contributed by atoms with E-state index in [2.05, 4.69) is 111 Å². The molecule has 3 aromatic rings. The van der Waals surface area contributed by atoms with Gasteiger partial charge < -0.3 is 9.53 Å². The van der Waals surface area contributed by atoms with Crippen molar-refractivity contribution in [1.29, 1.82) is 0 Å². The highest BCUT2D eigenvalue weighted by Gasteiger charge is 2.53. The van der Waals surface area contributed by atoms with Crippen LogP contribution in [-0.2, 0) is 17.4 Å². The lowest BCUT2D eigenvalue weighted by Gasteiger charge is -2.44. The largest absolute Gasteiger partial charge is 0.404 e. The van der Waals surface area contributed by atoms with Gasteiger partial charge in [-0.05, 0) is 45.8 Å². The molecule has 0 aromatic heterocycles. The maximum Gasteiger partial charge on any atom is 0.261 e. The van der Waals surface area contributed by atoms with Crippen molar-refractivity contribution in [3.05, 3.63) is 96.1 Å². The van der Waals surface area contributed by atoms with Crippen LogP contribution in [-0.4, -0.2) is 43.1 Å². The molecule has 4 heteroatoms. The third-order valence-electron chi connectivity index (χ3n) is 7.84. The minimum absolute atomic E-state index is 0.0449. The third kappa shape index (κ3) is 4.29. The van der Waals surface area contributed by atoms with E-state index in [1.807, 2.05) is 0 Å². The summed E-state index contributed by atoms with van der Waals surface area (Å²) >= 11 is 0. The number of hydrogen-bond acceptors (Lipinski definition) is 3. The van der Waals surface area contributed by atoms with Gasteiger partial charge in [-0.2, -0.15) is 0 Å². The summed E-state index contributed by atoms with van der Waals surface area (Å²) in [6.07, 6.45) is 2.33. The Bertz CT molecular complexity index is 1060. The summed E-state index contributed by atoms with van der Waals surface area (Å²) in [5.41, 5.74) is 2.85. The summed E-state index contributed by atoms with van der Waals surface area (Å²) in [5.74, 6) is 0. The van der Waals surface area contributed by atoms with E-state index in [1.54, 1.807) is 0 Å². The van der Waals surface area contributed by atoms with Crippen LogP contribution in [0.25, 0.3) is 0 Å². The summed E-state index contributed by atoms with van der Waals surface area (Å²) in [7, 11) is -2.61. The normalized spacial score (nSPS) is 23.6. The maximum atomic E-state index is 11.2. The van der Waals surface area contributed by atoms with E-state index in [-0.39, 0.29) is 23.3 Å². The zero-order valence-corrected chi connectivity index (χ0v) is 21.7. The van der Waals surface area contributed by atoms with Crippen molar-refractivity contribution in [2.24, 2.45) is 0 Å². The van der Waals surface area contributed by atoms with Crippen LogP contribution in [0.15, 0.2) is 84.9 Å². The number of aliphatic hydroxyl groups excluding tert-OH is 1. The quantitative estimate of drug-likeness (QED) is 0.556. The van der Waals surface area contributed by atoms with Crippen molar-refractivity contribution in [1.82, 2.24) is 4.90 Å². The number of benzene rings is 3. The van der Waals surface area contributed by atoms with Gasteiger partial charge in [-0.15, -0.1) is 0 Å². The molecule has 1 saturated carbocycles. The van der Waals surface area contributed by atoms with Gasteiger partial charge in [0.2, 0.25) is 0 Å². The molecule has 2 aliphatic rings. The van der Waals surface area contributed by atoms with Crippen LogP contribution in [0.1, 0.15) is 44.7 Å². The van der Waals surface area contributed by atoms with Gasteiger partial charge in [0.15, 0.2) is 0 Å². The molecule has 1 aliphatic heterocycles. The molecule has 34 heavy (non-hydrogen) atoms. The maximum absolute atomic E-state index is 11.2. The molecule has 1 aliphatic carbocycles. The molecule has 3 unspecified atom stereocenters. The molecular weight excluding hydrogens is 434 g/mol. The molecule has 0 amide bonds. The Hall–Kier alpha value is -2.24. The summed E-state index contributed by atoms with van der Waals surface area (Å²) in [6, 6.07) is 30.6. The molecule has 178 valence electrons. The van der Waals surface area contributed by atoms with Gasteiger partial charge >= 0.3 is 0 Å². The van der Waals surface area contributed by atoms with E-state index >= 15 is 0 Å². The summed E-state index contributed by atoms with van der Waals surface area (Å²) in [4.78, 5) is 2.49. The van der Waals surface area contributed by atoms with Gasteiger partial charge in [0.25, 0.3) is 8.32 Å². The van der Waals surface area contributed by atoms with Gasteiger partial charge in [-0.1, -0.05) is 106 Å². The lowest BCUT2D eigenvalue weighted by Crippen LogP contribution is -2.67. The number of nitrogens with zero attached hydrogens (tertiary/aromatic N) is 1. The van der Waals surface area contributed by atoms with Crippen LogP contribution in [0.2, 0.25) is 5.04 Å². The first-order valence-corrected chi connectivity index (χ1v) is 14.6. The minimum Gasteiger partial charge on any atom is -0.404 e. The summed E-state index contributed by atoms with van der Waals surface area (Å²) < 4.78 is 7.35. The molecule has 0 saturated heterocycles. The second-order valence-corrected chi connectivity index (χ2v) is 15.3. The van der Waals surface area contributed by atoms with E-state index < -0.39 is 8.32 Å². The molecule has 5 rings (SSSR count). The molecule has 1 fully saturated rings. The van der Waals surface area contributed by atoms with Gasteiger partial charge in [0, 0.05) is 25.2 Å². The molecule has 3 atom stereocenters. The molecule has 3 nitrogen and oxygen atoms in total. The molecule has 0 spiro atoms. The van der Waals surface area contributed by atoms with Crippen molar-refractivity contribution in [3.63, 3.8) is 0 Å². The molecule has 0 radical (unpaired) electrons. The monoisotopic (exact) mass is 471 g/mol. The van der Waals surface area contributed by atoms with Gasteiger partial charge in [-0.25, -0.2) is 0 Å². The van der Waals surface area contributed by atoms with Crippen LogP contribution in [0.4, 0.5) is 0 Å².